The number of carbonyl (C=O) groups excluding carboxylic acids is 1. The van der Waals surface area contributed by atoms with Crippen molar-refractivity contribution in [3.05, 3.63) is 46.7 Å². The average molecular weight is 359 g/mol. The quantitative estimate of drug-likeness (QED) is 0.885. The molecule has 0 radical (unpaired) electrons. The number of aryl methyl sites for hydroxylation is 1. The minimum Gasteiger partial charge on any atom is -0.341 e. The van der Waals surface area contributed by atoms with Crippen molar-refractivity contribution in [1.29, 1.82) is 0 Å². The third-order valence-corrected chi connectivity index (χ3v) is 5.02. The fourth-order valence-electron chi connectivity index (χ4n) is 3.18. The van der Waals surface area contributed by atoms with E-state index >= 15 is 0 Å². The molecule has 1 heterocycles. The van der Waals surface area contributed by atoms with Crippen LogP contribution in [-0.4, -0.2) is 29.0 Å². The van der Waals surface area contributed by atoms with Crippen LogP contribution < -0.4 is 10.2 Å². The lowest BCUT2D eigenvalue weighted by atomic mass is 9.86. The average Bonchev–Trinajstić information content (AvgIpc) is 2.64. The Bertz CT molecular complexity index is 761. The predicted octanol–water partition coefficient (Wildman–Crippen LogP) is 3.72. The Kier molecular flexibility index (Phi) is 5.53. The number of halogens is 1. The fraction of sp³-hybridized carbons (Fsp3) is 0.421. The smallest absolute Gasteiger partial charge is 0.227 e. The molecule has 3 rings (SSSR count). The predicted molar refractivity (Wildman–Crippen MR) is 101 cm³/mol. The number of aromatic nitrogens is 2. The van der Waals surface area contributed by atoms with Crippen molar-refractivity contribution in [1.82, 2.24) is 9.97 Å². The highest BCUT2D eigenvalue weighted by molar-refractivity contribution is 6.33. The van der Waals surface area contributed by atoms with Crippen LogP contribution in [0.2, 0.25) is 5.02 Å². The highest BCUT2D eigenvalue weighted by atomic mass is 35.5. The first kappa shape index (κ1) is 17.7. The fourth-order valence-corrected chi connectivity index (χ4v) is 3.36. The van der Waals surface area contributed by atoms with Gasteiger partial charge >= 0.3 is 0 Å². The summed E-state index contributed by atoms with van der Waals surface area (Å²) in [5, 5.41) is 3.49. The first-order chi connectivity index (χ1) is 12.1. The highest BCUT2D eigenvalue weighted by Crippen LogP contribution is 2.27. The highest BCUT2D eigenvalue weighted by Gasteiger charge is 2.26. The molecule has 0 bridgehead atoms. The zero-order chi connectivity index (χ0) is 17.8. The van der Waals surface area contributed by atoms with Gasteiger partial charge in [-0.25, -0.2) is 9.97 Å². The first-order valence-electron chi connectivity index (χ1n) is 8.77. The van der Waals surface area contributed by atoms with Gasteiger partial charge in [-0.05, 0) is 50.8 Å². The Balaban J connectivity index is 1.71. The van der Waals surface area contributed by atoms with Crippen LogP contribution in [0, 0.1) is 5.92 Å². The van der Waals surface area contributed by atoms with Crippen LogP contribution in [0.3, 0.4) is 0 Å². The number of nitrogens with zero attached hydrogens (tertiary/aromatic N) is 3. The van der Waals surface area contributed by atoms with E-state index in [0.717, 1.165) is 43.1 Å². The van der Waals surface area contributed by atoms with Crippen molar-refractivity contribution in [2.75, 3.05) is 23.3 Å². The van der Waals surface area contributed by atoms with Gasteiger partial charge in [-0.1, -0.05) is 23.7 Å². The number of hydrogen-bond donors (Lipinski definition) is 1. The third kappa shape index (κ3) is 3.93. The zero-order valence-corrected chi connectivity index (χ0v) is 15.4. The standard InChI is InChI=1S/C19H23ClN4O/c1-3-24(4-2)19-21-12-14-11-13(9-10-16(14)23-19)18(25)22-17-8-6-5-7-15(17)20/h5-8,12-13H,3-4,9-11H2,1-2H3,(H,22,25). The second-order valence-corrected chi connectivity index (χ2v) is 6.63. The Hall–Kier alpha value is -2.14. The molecule has 5 nitrogen and oxygen atoms in total. The molecule has 1 N–H and O–H groups in total. The molecular formula is C19H23ClN4O. The first-order valence-corrected chi connectivity index (χ1v) is 9.15. The molecule has 25 heavy (non-hydrogen) atoms. The van der Waals surface area contributed by atoms with Gasteiger partial charge in [0.25, 0.3) is 0 Å². The molecule has 1 aliphatic carbocycles. The number of rotatable bonds is 5. The minimum absolute atomic E-state index is 0.00608. The number of carbonyl (C=O) groups is 1. The van der Waals surface area contributed by atoms with Crippen molar-refractivity contribution in [2.45, 2.75) is 33.1 Å². The van der Waals surface area contributed by atoms with Crippen LogP contribution in [0.1, 0.15) is 31.5 Å². The topological polar surface area (TPSA) is 58.1 Å². The summed E-state index contributed by atoms with van der Waals surface area (Å²) in [6.45, 7) is 5.97. The van der Waals surface area contributed by atoms with Crippen molar-refractivity contribution in [3.63, 3.8) is 0 Å². The summed E-state index contributed by atoms with van der Waals surface area (Å²) in [6, 6.07) is 7.30. The number of fused-ring (bicyclic) bond motifs is 1. The number of para-hydroxylation sites is 1. The Morgan fingerprint density at radius 2 is 2.08 bits per heavy atom. The van der Waals surface area contributed by atoms with Gasteiger partial charge in [0.15, 0.2) is 0 Å². The van der Waals surface area contributed by atoms with E-state index in [1.165, 1.54) is 0 Å². The van der Waals surface area contributed by atoms with Crippen LogP contribution in [0.25, 0.3) is 0 Å². The molecule has 0 aliphatic heterocycles. The Morgan fingerprint density at radius 1 is 1.32 bits per heavy atom. The second kappa shape index (κ2) is 7.83. The van der Waals surface area contributed by atoms with E-state index in [1.807, 2.05) is 24.4 Å². The van der Waals surface area contributed by atoms with Crippen LogP contribution in [-0.2, 0) is 17.6 Å². The summed E-state index contributed by atoms with van der Waals surface area (Å²) in [6.07, 6.45) is 4.14. The Morgan fingerprint density at radius 3 is 2.80 bits per heavy atom. The molecule has 0 saturated heterocycles. The van der Waals surface area contributed by atoms with Crippen molar-refractivity contribution >= 4 is 29.1 Å². The molecule has 0 saturated carbocycles. The van der Waals surface area contributed by atoms with E-state index in [-0.39, 0.29) is 11.8 Å². The van der Waals surface area contributed by atoms with Gasteiger partial charge in [0.05, 0.1) is 10.7 Å². The molecule has 1 aromatic heterocycles. The van der Waals surface area contributed by atoms with Gasteiger partial charge in [0.2, 0.25) is 11.9 Å². The summed E-state index contributed by atoms with van der Waals surface area (Å²) >= 11 is 6.12. The van der Waals surface area contributed by atoms with E-state index in [9.17, 15) is 4.79 Å². The molecular weight excluding hydrogens is 336 g/mol. The minimum atomic E-state index is -0.0772. The van der Waals surface area contributed by atoms with Gasteiger partial charge in [-0.15, -0.1) is 0 Å². The normalized spacial score (nSPS) is 16.2. The molecule has 6 heteroatoms. The summed E-state index contributed by atoms with van der Waals surface area (Å²) in [7, 11) is 0. The van der Waals surface area contributed by atoms with Gasteiger partial charge in [0, 0.05) is 30.9 Å². The van der Waals surface area contributed by atoms with Crippen LogP contribution in [0.5, 0.6) is 0 Å². The lowest BCUT2D eigenvalue weighted by Gasteiger charge is -2.25. The third-order valence-electron chi connectivity index (χ3n) is 4.69. The number of benzene rings is 1. The molecule has 1 unspecified atom stereocenters. The molecule has 1 atom stereocenters. The van der Waals surface area contributed by atoms with E-state index < -0.39 is 0 Å². The van der Waals surface area contributed by atoms with Gasteiger partial charge in [-0.3, -0.25) is 4.79 Å². The van der Waals surface area contributed by atoms with Crippen molar-refractivity contribution in [3.8, 4) is 0 Å². The number of anilines is 2. The number of amides is 1. The van der Waals surface area contributed by atoms with Gasteiger partial charge in [0.1, 0.15) is 0 Å². The maximum atomic E-state index is 12.6. The van der Waals surface area contributed by atoms with Gasteiger partial charge in [-0.2, -0.15) is 0 Å². The maximum absolute atomic E-state index is 12.6. The van der Waals surface area contributed by atoms with Crippen molar-refractivity contribution in [2.24, 2.45) is 5.92 Å². The summed E-state index contributed by atoms with van der Waals surface area (Å²) < 4.78 is 0. The largest absolute Gasteiger partial charge is 0.341 e. The lowest BCUT2D eigenvalue weighted by molar-refractivity contribution is -0.120. The number of hydrogen-bond acceptors (Lipinski definition) is 4. The van der Waals surface area contributed by atoms with E-state index in [1.54, 1.807) is 6.07 Å². The molecule has 0 spiro atoms. The zero-order valence-electron chi connectivity index (χ0n) is 14.6. The Labute approximate surface area is 153 Å². The summed E-state index contributed by atoms with van der Waals surface area (Å²) in [5.74, 6) is 0.709. The SMILES string of the molecule is CCN(CC)c1ncc2c(n1)CCC(C(=O)Nc1ccccc1Cl)C2. The van der Waals surface area contributed by atoms with E-state index in [0.29, 0.717) is 17.1 Å². The number of nitrogens with one attached hydrogen (secondary N) is 1. The molecule has 132 valence electrons. The van der Waals surface area contributed by atoms with Crippen LogP contribution >= 0.6 is 11.6 Å². The van der Waals surface area contributed by atoms with Crippen LogP contribution in [0.15, 0.2) is 30.5 Å². The van der Waals surface area contributed by atoms with Gasteiger partial charge < -0.3 is 10.2 Å². The van der Waals surface area contributed by atoms with Crippen LogP contribution in [0.4, 0.5) is 11.6 Å². The van der Waals surface area contributed by atoms with Crippen molar-refractivity contribution < 1.29 is 4.79 Å². The summed E-state index contributed by atoms with van der Waals surface area (Å²) in [5.41, 5.74) is 2.80. The summed E-state index contributed by atoms with van der Waals surface area (Å²) in [4.78, 5) is 23.9. The second-order valence-electron chi connectivity index (χ2n) is 6.22. The van der Waals surface area contributed by atoms with E-state index in [2.05, 4.69) is 29.0 Å². The molecule has 1 aromatic carbocycles. The monoisotopic (exact) mass is 358 g/mol. The molecule has 1 aliphatic rings. The maximum Gasteiger partial charge on any atom is 0.227 e. The lowest BCUT2D eigenvalue weighted by Crippen LogP contribution is -2.30. The molecule has 0 fully saturated rings. The molecule has 2 aromatic rings. The molecule has 1 amide bonds. The van der Waals surface area contributed by atoms with E-state index in [4.69, 9.17) is 16.6 Å².